The monoisotopic (exact) mass is 251 g/mol. The lowest BCUT2D eigenvalue weighted by atomic mass is 10.2. The van der Waals surface area contributed by atoms with Gasteiger partial charge in [-0.2, -0.15) is 0 Å². The molecule has 0 radical (unpaired) electrons. The number of aryl methyl sites for hydroxylation is 1. The molecule has 1 aliphatic rings. The van der Waals surface area contributed by atoms with Gasteiger partial charge in [0.15, 0.2) is 0 Å². The number of hydrogen-bond acceptors (Lipinski definition) is 3. The quantitative estimate of drug-likeness (QED) is 0.799. The number of carbonyl (C=O) groups is 1. The third-order valence-corrected chi connectivity index (χ3v) is 3.26. The molecule has 1 fully saturated rings. The van der Waals surface area contributed by atoms with E-state index in [0.29, 0.717) is 18.0 Å². The van der Waals surface area contributed by atoms with Crippen molar-refractivity contribution in [3.63, 3.8) is 0 Å². The highest BCUT2D eigenvalue weighted by molar-refractivity contribution is 5.76. The van der Waals surface area contributed by atoms with E-state index in [4.69, 9.17) is 0 Å². The minimum atomic E-state index is -0.533. The average Bonchev–Trinajstić information content (AvgIpc) is 3.15. The lowest BCUT2D eigenvalue weighted by Gasteiger charge is -2.16. The molecule has 0 aliphatic heterocycles. The van der Waals surface area contributed by atoms with E-state index in [1.54, 1.807) is 11.9 Å². The Hall–Kier alpha value is -1.85. The van der Waals surface area contributed by atoms with Crippen molar-refractivity contribution in [1.29, 1.82) is 0 Å². The lowest BCUT2D eigenvalue weighted by Crippen LogP contribution is -2.38. The number of H-pyrrole nitrogens is 1. The normalized spacial score (nSPS) is 14.6. The van der Waals surface area contributed by atoms with Crippen LogP contribution in [-0.4, -0.2) is 33.4 Å². The first-order valence-electron chi connectivity index (χ1n) is 6.11. The molecule has 1 aromatic rings. The number of likely N-dealkylation sites (N-methyl/N-ethyl adjacent to an activating group) is 1. The summed E-state index contributed by atoms with van der Waals surface area (Å²) in [6, 6.07) is 0.321. The smallest absolute Gasteiger partial charge is 0.328 e. The van der Waals surface area contributed by atoms with Crippen LogP contribution < -0.4 is 11.2 Å². The summed E-state index contributed by atoms with van der Waals surface area (Å²) in [6.07, 6.45) is 4.06. The van der Waals surface area contributed by atoms with Crippen LogP contribution in [0.15, 0.2) is 15.8 Å². The van der Waals surface area contributed by atoms with E-state index in [1.807, 2.05) is 6.92 Å². The zero-order valence-corrected chi connectivity index (χ0v) is 10.6. The Morgan fingerprint density at radius 3 is 2.72 bits per heavy atom. The Morgan fingerprint density at radius 2 is 2.17 bits per heavy atom. The number of amides is 1. The molecule has 1 aromatic heterocycles. The van der Waals surface area contributed by atoms with Crippen LogP contribution in [0.25, 0.3) is 0 Å². The summed E-state index contributed by atoms with van der Waals surface area (Å²) in [5, 5.41) is 0. The first-order chi connectivity index (χ1) is 8.52. The van der Waals surface area contributed by atoms with Gasteiger partial charge in [0.25, 0.3) is 5.56 Å². The molecular weight excluding hydrogens is 234 g/mol. The predicted molar refractivity (Wildman–Crippen MR) is 66.5 cm³/mol. The van der Waals surface area contributed by atoms with Crippen molar-refractivity contribution in [2.75, 3.05) is 7.05 Å². The second-order valence-electron chi connectivity index (χ2n) is 4.63. The van der Waals surface area contributed by atoms with Crippen molar-refractivity contribution in [3.05, 3.63) is 32.6 Å². The summed E-state index contributed by atoms with van der Waals surface area (Å²) in [5.74, 6) is -0.103. The summed E-state index contributed by atoms with van der Waals surface area (Å²) in [5.41, 5.74) is -0.395. The van der Waals surface area contributed by atoms with Gasteiger partial charge < -0.3 is 4.90 Å². The zero-order chi connectivity index (χ0) is 13.3. The third kappa shape index (κ3) is 2.52. The van der Waals surface area contributed by atoms with Gasteiger partial charge in [0.1, 0.15) is 6.54 Å². The second kappa shape index (κ2) is 4.80. The van der Waals surface area contributed by atoms with Crippen molar-refractivity contribution in [2.24, 2.45) is 0 Å². The van der Waals surface area contributed by atoms with E-state index in [2.05, 4.69) is 4.98 Å². The van der Waals surface area contributed by atoms with Crippen molar-refractivity contribution in [1.82, 2.24) is 14.5 Å². The largest absolute Gasteiger partial charge is 0.341 e. The molecular formula is C12H17N3O3. The standard InChI is InChI=1S/C12H17N3O3/c1-3-8-6-15(12(18)13-11(8)17)7-10(16)14(2)9-4-5-9/h6,9H,3-5,7H2,1-2H3,(H,13,17,18). The van der Waals surface area contributed by atoms with E-state index in [9.17, 15) is 14.4 Å². The minimum absolute atomic E-state index is 0.0182. The molecule has 0 bridgehead atoms. The Kier molecular flexibility index (Phi) is 3.36. The van der Waals surface area contributed by atoms with Gasteiger partial charge in [0.2, 0.25) is 5.91 Å². The topological polar surface area (TPSA) is 75.2 Å². The fourth-order valence-electron chi connectivity index (χ4n) is 1.85. The van der Waals surface area contributed by atoms with Crippen LogP contribution in [0.5, 0.6) is 0 Å². The maximum atomic E-state index is 11.9. The predicted octanol–water partition coefficient (Wildman–Crippen LogP) is -0.280. The van der Waals surface area contributed by atoms with Gasteiger partial charge in [-0.25, -0.2) is 4.79 Å². The number of hydrogen-bond donors (Lipinski definition) is 1. The highest BCUT2D eigenvalue weighted by Gasteiger charge is 2.29. The molecule has 0 unspecified atom stereocenters. The average molecular weight is 251 g/mol. The van der Waals surface area contributed by atoms with Crippen LogP contribution >= 0.6 is 0 Å². The molecule has 1 amide bonds. The molecule has 0 aromatic carbocycles. The van der Waals surface area contributed by atoms with Gasteiger partial charge in [-0.3, -0.25) is 19.1 Å². The van der Waals surface area contributed by atoms with Gasteiger partial charge >= 0.3 is 5.69 Å². The fourth-order valence-corrected chi connectivity index (χ4v) is 1.85. The molecule has 0 spiro atoms. The van der Waals surface area contributed by atoms with Crippen molar-refractivity contribution in [3.8, 4) is 0 Å². The van der Waals surface area contributed by atoms with E-state index in [-0.39, 0.29) is 18.0 Å². The summed E-state index contributed by atoms with van der Waals surface area (Å²) in [7, 11) is 1.75. The zero-order valence-electron chi connectivity index (χ0n) is 10.6. The third-order valence-electron chi connectivity index (χ3n) is 3.26. The Bertz CT molecular complexity index is 569. The number of nitrogens with one attached hydrogen (secondary N) is 1. The van der Waals surface area contributed by atoms with Gasteiger partial charge in [0.05, 0.1) is 0 Å². The SMILES string of the molecule is CCc1cn(CC(=O)N(C)C2CC2)c(=O)[nH]c1=O. The van der Waals surface area contributed by atoms with E-state index in [1.165, 1.54) is 10.8 Å². The number of aromatic nitrogens is 2. The molecule has 18 heavy (non-hydrogen) atoms. The number of aromatic amines is 1. The Morgan fingerprint density at radius 1 is 1.50 bits per heavy atom. The maximum absolute atomic E-state index is 11.9. The van der Waals surface area contributed by atoms with E-state index in [0.717, 1.165) is 12.8 Å². The van der Waals surface area contributed by atoms with Crippen molar-refractivity contribution >= 4 is 5.91 Å². The molecule has 1 heterocycles. The highest BCUT2D eigenvalue weighted by Crippen LogP contribution is 2.25. The number of rotatable bonds is 4. The summed E-state index contributed by atoms with van der Waals surface area (Å²) in [4.78, 5) is 38.8. The first kappa shape index (κ1) is 12.6. The van der Waals surface area contributed by atoms with Crippen molar-refractivity contribution in [2.45, 2.75) is 38.8 Å². The molecule has 98 valence electrons. The Labute approximate surface area is 104 Å². The summed E-state index contributed by atoms with van der Waals surface area (Å²) < 4.78 is 1.27. The highest BCUT2D eigenvalue weighted by atomic mass is 16.2. The summed E-state index contributed by atoms with van der Waals surface area (Å²) >= 11 is 0. The Balaban J connectivity index is 2.20. The van der Waals surface area contributed by atoms with Gasteiger partial charge in [-0.15, -0.1) is 0 Å². The maximum Gasteiger partial charge on any atom is 0.328 e. The molecule has 0 saturated heterocycles. The van der Waals surface area contributed by atoms with Crippen LogP contribution in [0.3, 0.4) is 0 Å². The molecule has 1 N–H and O–H groups in total. The van der Waals surface area contributed by atoms with Crippen LogP contribution in [0, 0.1) is 0 Å². The van der Waals surface area contributed by atoms with Crippen LogP contribution in [0.4, 0.5) is 0 Å². The van der Waals surface area contributed by atoms with Crippen LogP contribution in [-0.2, 0) is 17.8 Å². The molecule has 6 nitrogen and oxygen atoms in total. The summed E-state index contributed by atoms with van der Waals surface area (Å²) in [6.45, 7) is 1.81. The van der Waals surface area contributed by atoms with Gasteiger partial charge in [-0.05, 0) is 19.3 Å². The van der Waals surface area contributed by atoms with Gasteiger partial charge in [0, 0.05) is 24.8 Å². The van der Waals surface area contributed by atoms with Crippen molar-refractivity contribution < 1.29 is 4.79 Å². The molecule has 6 heteroatoms. The van der Waals surface area contributed by atoms with E-state index < -0.39 is 5.69 Å². The minimum Gasteiger partial charge on any atom is -0.341 e. The second-order valence-corrected chi connectivity index (χ2v) is 4.63. The fraction of sp³-hybridized carbons (Fsp3) is 0.583. The molecule has 0 atom stereocenters. The lowest BCUT2D eigenvalue weighted by molar-refractivity contribution is -0.131. The van der Waals surface area contributed by atoms with E-state index >= 15 is 0 Å². The molecule has 2 rings (SSSR count). The first-order valence-corrected chi connectivity index (χ1v) is 6.11. The molecule has 1 saturated carbocycles. The number of carbonyl (C=O) groups excluding carboxylic acids is 1. The van der Waals surface area contributed by atoms with Crippen LogP contribution in [0.2, 0.25) is 0 Å². The van der Waals surface area contributed by atoms with Crippen LogP contribution in [0.1, 0.15) is 25.3 Å². The number of nitrogens with zero attached hydrogens (tertiary/aromatic N) is 2. The van der Waals surface area contributed by atoms with Gasteiger partial charge in [-0.1, -0.05) is 6.92 Å². The molecule has 1 aliphatic carbocycles.